The average molecular weight is 248 g/mol. The molecule has 0 amide bonds. The summed E-state index contributed by atoms with van der Waals surface area (Å²) in [5.74, 6) is 0.857. The maximum absolute atomic E-state index is 12.7. The van der Waals surface area contributed by atoms with Gasteiger partial charge in [-0.05, 0) is 37.3 Å². The Bertz CT molecular complexity index is 529. The number of rotatable bonds is 4. The Hall–Kier alpha value is -2.30. The molecule has 0 unspecified atom stereocenters. The van der Waals surface area contributed by atoms with Crippen LogP contribution < -0.4 is 15.2 Å². The van der Waals surface area contributed by atoms with E-state index < -0.39 is 0 Å². The van der Waals surface area contributed by atoms with Crippen molar-refractivity contribution < 1.29 is 13.9 Å². The van der Waals surface area contributed by atoms with Crippen LogP contribution in [0, 0.1) is 5.82 Å². The van der Waals surface area contributed by atoms with E-state index in [-0.39, 0.29) is 5.82 Å². The van der Waals surface area contributed by atoms with Crippen LogP contribution in [0.15, 0.2) is 36.4 Å². The Kier molecular flexibility index (Phi) is 3.62. The summed E-state index contributed by atoms with van der Waals surface area (Å²) in [6, 6.07) is 8.95. The lowest BCUT2D eigenvalue weighted by Crippen LogP contribution is -2.00. The molecule has 2 N–H and O–H groups in total. The predicted octanol–water partition coefficient (Wildman–Crippen LogP) is 2.99. The number of nitrogens with zero attached hydrogens (tertiary/aromatic N) is 1. The number of aromatic nitrogens is 1. The zero-order valence-corrected chi connectivity index (χ0v) is 9.89. The fourth-order valence-corrected chi connectivity index (χ4v) is 1.37. The molecular weight excluding hydrogens is 235 g/mol. The van der Waals surface area contributed by atoms with Gasteiger partial charge in [-0.25, -0.2) is 4.39 Å². The van der Waals surface area contributed by atoms with E-state index in [1.54, 1.807) is 12.1 Å². The minimum Gasteiger partial charge on any atom is -0.476 e. The molecule has 0 saturated heterocycles. The summed E-state index contributed by atoms with van der Waals surface area (Å²) in [5.41, 5.74) is 6.14. The average Bonchev–Trinajstić information content (AvgIpc) is 2.37. The minimum atomic E-state index is -0.317. The largest absolute Gasteiger partial charge is 0.476 e. The first-order valence-electron chi connectivity index (χ1n) is 5.52. The third-order valence-electron chi connectivity index (χ3n) is 2.18. The molecule has 0 aliphatic heterocycles. The van der Waals surface area contributed by atoms with E-state index in [1.165, 1.54) is 24.3 Å². The Morgan fingerprint density at radius 2 is 1.89 bits per heavy atom. The van der Waals surface area contributed by atoms with Crippen molar-refractivity contribution in [3.63, 3.8) is 0 Å². The van der Waals surface area contributed by atoms with Crippen molar-refractivity contribution in [1.82, 2.24) is 4.98 Å². The molecule has 0 spiro atoms. The molecule has 0 fully saturated rings. The van der Waals surface area contributed by atoms with Gasteiger partial charge in [0, 0.05) is 6.07 Å². The van der Waals surface area contributed by atoms with Gasteiger partial charge in [0.05, 0.1) is 12.3 Å². The second kappa shape index (κ2) is 5.35. The molecule has 1 aromatic carbocycles. The molecule has 0 radical (unpaired) electrons. The molecule has 4 nitrogen and oxygen atoms in total. The van der Waals surface area contributed by atoms with Crippen molar-refractivity contribution in [3.8, 4) is 17.5 Å². The minimum absolute atomic E-state index is 0.317. The Labute approximate surface area is 104 Å². The summed E-state index contributed by atoms with van der Waals surface area (Å²) in [6.45, 7) is 2.31. The summed E-state index contributed by atoms with van der Waals surface area (Å²) in [4.78, 5) is 4.12. The van der Waals surface area contributed by atoms with Gasteiger partial charge in [0.2, 0.25) is 11.8 Å². The maximum atomic E-state index is 12.7. The summed E-state index contributed by atoms with van der Waals surface area (Å²) < 4.78 is 23.5. The van der Waals surface area contributed by atoms with E-state index in [0.717, 1.165) is 0 Å². The van der Waals surface area contributed by atoms with Crippen molar-refractivity contribution in [1.29, 1.82) is 0 Å². The number of ether oxygens (including phenoxy) is 2. The van der Waals surface area contributed by atoms with E-state index in [9.17, 15) is 4.39 Å². The highest BCUT2D eigenvalue weighted by Crippen LogP contribution is 2.25. The van der Waals surface area contributed by atoms with E-state index in [0.29, 0.717) is 29.8 Å². The van der Waals surface area contributed by atoms with E-state index in [2.05, 4.69) is 4.98 Å². The molecule has 1 heterocycles. The van der Waals surface area contributed by atoms with Gasteiger partial charge in [-0.15, -0.1) is 0 Å². The third kappa shape index (κ3) is 2.88. The van der Waals surface area contributed by atoms with Crippen LogP contribution in [-0.2, 0) is 0 Å². The fraction of sp³-hybridized carbons (Fsp3) is 0.154. The van der Waals surface area contributed by atoms with Crippen LogP contribution in [0.3, 0.4) is 0 Å². The van der Waals surface area contributed by atoms with Crippen LogP contribution in [0.5, 0.6) is 17.5 Å². The molecular formula is C13H13FN2O2. The highest BCUT2D eigenvalue weighted by molar-refractivity contribution is 5.49. The first-order valence-corrected chi connectivity index (χ1v) is 5.52. The molecule has 2 aromatic rings. The smallest absolute Gasteiger partial charge is 0.240 e. The lowest BCUT2D eigenvalue weighted by molar-refractivity contribution is 0.323. The van der Waals surface area contributed by atoms with Crippen LogP contribution in [0.25, 0.3) is 0 Å². The molecule has 5 heteroatoms. The number of anilines is 1. The number of benzene rings is 1. The summed E-state index contributed by atoms with van der Waals surface area (Å²) in [5, 5.41) is 0. The van der Waals surface area contributed by atoms with Crippen molar-refractivity contribution in [2.45, 2.75) is 6.92 Å². The molecule has 0 bridgehead atoms. The lowest BCUT2D eigenvalue weighted by Gasteiger charge is -2.08. The molecule has 0 saturated carbocycles. The van der Waals surface area contributed by atoms with Gasteiger partial charge in [-0.2, -0.15) is 4.98 Å². The third-order valence-corrected chi connectivity index (χ3v) is 2.18. The lowest BCUT2D eigenvalue weighted by atomic mass is 10.3. The first kappa shape index (κ1) is 12.2. The van der Waals surface area contributed by atoms with Gasteiger partial charge in [0.15, 0.2) is 0 Å². The molecule has 0 aliphatic carbocycles. The number of hydrogen-bond acceptors (Lipinski definition) is 4. The molecule has 94 valence electrons. The molecule has 2 rings (SSSR count). The normalized spacial score (nSPS) is 10.1. The van der Waals surface area contributed by atoms with Crippen molar-refractivity contribution in [2.75, 3.05) is 12.3 Å². The first-order chi connectivity index (χ1) is 8.69. The van der Waals surface area contributed by atoms with E-state index in [1.807, 2.05) is 6.92 Å². The number of pyridine rings is 1. The SMILES string of the molecule is CCOc1nc(Oc2ccc(F)cc2)ccc1N. The Morgan fingerprint density at radius 1 is 1.17 bits per heavy atom. The van der Waals surface area contributed by atoms with Crippen molar-refractivity contribution >= 4 is 5.69 Å². The number of hydrogen-bond donors (Lipinski definition) is 1. The van der Waals surface area contributed by atoms with Crippen molar-refractivity contribution in [2.24, 2.45) is 0 Å². The summed E-state index contributed by atoms with van der Waals surface area (Å²) in [7, 11) is 0. The van der Waals surface area contributed by atoms with Crippen LogP contribution in [0.2, 0.25) is 0 Å². The number of nitrogen functional groups attached to an aromatic ring is 1. The van der Waals surface area contributed by atoms with Crippen LogP contribution in [0.4, 0.5) is 10.1 Å². The van der Waals surface area contributed by atoms with Gasteiger partial charge in [-0.1, -0.05) is 0 Å². The van der Waals surface area contributed by atoms with Crippen LogP contribution in [0.1, 0.15) is 6.92 Å². The molecule has 18 heavy (non-hydrogen) atoms. The second-order valence-corrected chi connectivity index (χ2v) is 3.53. The topological polar surface area (TPSA) is 57.4 Å². The quantitative estimate of drug-likeness (QED) is 0.903. The van der Waals surface area contributed by atoms with Gasteiger partial charge < -0.3 is 15.2 Å². The second-order valence-electron chi connectivity index (χ2n) is 3.53. The van der Waals surface area contributed by atoms with Crippen LogP contribution >= 0.6 is 0 Å². The van der Waals surface area contributed by atoms with Crippen molar-refractivity contribution in [3.05, 3.63) is 42.2 Å². The summed E-state index contributed by atoms with van der Waals surface area (Å²) in [6.07, 6.45) is 0. The van der Waals surface area contributed by atoms with Gasteiger partial charge in [0.1, 0.15) is 11.6 Å². The van der Waals surface area contributed by atoms with Gasteiger partial charge in [-0.3, -0.25) is 0 Å². The zero-order valence-electron chi connectivity index (χ0n) is 9.89. The predicted molar refractivity (Wildman–Crippen MR) is 66.3 cm³/mol. The molecule has 0 atom stereocenters. The Balaban J connectivity index is 2.18. The zero-order chi connectivity index (χ0) is 13.0. The van der Waals surface area contributed by atoms with E-state index in [4.69, 9.17) is 15.2 Å². The highest BCUT2D eigenvalue weighted by Gasteiger charge is 2.05. The number of halogens is 1. The standard InChI is InChI=1S/C13H13FN2O2/c1-2-17-13-11(15)7-8-12(16-13)18-10-5-3-9(14)4-6-10/h3-8H,2,15H2,1H3. The van der Waals surface area contributed by atoms with Crippen LogP contribution in [-0.4, -0.2) is 11.6 Å². The van der Waals surface area contributed by atoms with E-state index >= 15 is 0 Å². The maximum Gasteiger partial charge on any atom is 0.240 e. The molecule has 0 aliphatic rings. The number of nitrogens with two attached hydrogens (primary N) is 1. The molecule has 1 aromatic heterocycles. The van der Waals surface area contributed by atoms with Gasteiger partial charge in [0.25, 0.3) is 0 Å². The fourth-order valence-electron chi connectivity index (χ4n) is 1.37. The summed E-state index contributed by atoms with van der Waals surface area (Å²) >= 11 is 0. The van der Waals surface area contributed by atoms with Gasteiger partial charge >= 0.3 is 0 Å². The monoisotopic (exact) mass is 248 g/mol. The highest BCUT2D eigenvalue weighted by atomic mass is 19.1. The Morgan fingerprint density at radius 3 is 2.56 bits per heavy atom.